The molecule has 0 amide bonds. The Labute approximate surface area is 82.1 Å². The van der Waals surface area contributed by atoms with Gasteiger partial charge in [-0.1, -0.05) is 0 Å². The number of hydrogen-bond donors (Lipinski definition) is 3. The summed E-state index contributed by atoms with van der Waals surface area (Å²) in [5.74, 6) is 0. The number of hydrogen-bond acceptors (Lipinski definition) is 6. The average molecular weight is 208 g/mol. The van der Waals surface area contributed by atoms with Crippen molar-refractivity contribution in [1.82, 2.24) is 0 Å². The Morgan fingerprint density at radius 2 is 1.86 bits per heavy atom. The smallest absolute Gasteiger partial charge is 0.151 e. The van der Waals surface area contributed by atoms with E-state index in [1.54, 1.807) is 0 Å². The second kappa shape index (κ2) is 6.86. The van der Waals surface area contributed by atoms with Crippen LogP contribution < -0.4 is 0 Å². The fraction of sp³-hybridized carbons (Fsp3) is 0.875. The van der Waals surface area contributed by atoms with Crippen LogP contribution >= 0.6 is 0 Å². The SMILES string of the molecule is CO[C@@H]([C@H](O)[C@@H](CO)OC)[C@H](O)C=O. The molecule has 0 heterocycles. The van der Waals surface area contributed by atoms with Crippen LogP contribution in [0.3, 0.4) is 0 Å². The minimum atomic E-state index is -1.45. The average Bonchev–Trinajstić information content (AvgIpc) is 2.20. The van der Waals surface area contributed by atoms with E-state index in [0.29, 0.717) is 0 Å². The minimum absolute atomic E-state index is 0.251. The van der Waals surface area contributed by atoms with Crippen molar-refractivity contribution in [2.24, 2.45) is 0 Å². The van der Waals surface area contributed by atoms with Crippen LogP contribution in [0.4, 0.5) is 0 Å². The molecule has 0 aliphatic carbocycles. The molecule has 0 aromatic heterocycles. The van der Waals surface area contributed by atoms with E-state index in [1.165, 1.54) is 14.2 Å². The van der Waals surface area contributed by atoms with Gasteiger partial charge in [-0.25, -0.2) is 0 Å². The molecule has 6 heteroatoms. The molecular weight excluding hydrogens is 192 g/mol. The molecule has 3 N–H and O–H groups in total. The lowest BCUT2D eigenvalue weighted by Gasteiger charge is -2.27. The first-order chi connectivity index (χ1) is 6.62. The lowest BCUT2D eigenvalue weighted by Crippen LogP contribution is -2.48. The van der Waals surface area contributed by atoms with E-state index in [2.05, 4.69) is 0 Å². The molecule has 0 aromatic rings. The Morgan fingerprint density at radius 3 is 2.14 bits per heavy atom. The molecule has 0 rings (SSSR count). The lowest BCUT2D eigenvalue weighted by molar-refractivity contribution is -0.147. The molecule has 0 radical (unpaired) electrons. The topological polar surface area (TPSA) is 96.2 Å². The number of aliphatic hydroxyl groups is 3. The minimum Gasteiger partial charge on any atom is -0.394 e. The Bertz CT molecular complexity index is 158. The molecule has 0 aliphatic rings. The van der Waals surface area contributed by atoms with Gasteiger partial charge in [-0.05, 0) is 0 Å². The highest BCUT2D eigenvalue weighted by Crippen LogP contribution is 2.09. The molecule has 0 aliphatic heterocycles. The summed E-state index contributed by atoms with van der Waals surface area (Å²) in [6.45, 7) is -0.427. The molecular formula is C8H16O6. The summed E-state index contributed by atoms with van der Waals surface area (Å²) in [5.41, 5.74) is 0. The van der Waals surface area contributed by atoms with Crippen LogP contribution in [0.2, 0.25) is 0 Å². The van der Waals surface area contributed by atoms with Crippen molar-refractivity contribution in [3.63, 3.8) is 0 Å². The third kappa shape index (κ3) is 3.32. The van der Waals surface area contributed by atoms with Gasteiger partial charge in [0, 0.05) is 14.2 Å². The summed E-state index contributed by atoms with van der Waals surface area (Å²) in [6, 6.07) is 0. The highest BCUT2D eigenvalue weighted by Gasteiger charge is 2.32. The van der Waals surface area contributed by atoms with Crippen molar-refractivity contribution < 1.29 is 29.6 Å². The number of aldehydes is 1. The van der Waals surface area contributed by atoms with Crippen LogP contribution in [0, 0.1) is 0 Å². The van der Waals surface area contributed by atoms with E-state index in [4.69, 9.17) is 19.7 Å². The van der Waals surface area contributed by atoms with Gasteiger partial charge in [0.2, 0.25) is 0 Å². The molecule has 0 saturated carbocycles. The number of carbonyl (C=O) groups is 1. The summed E-state index contributed by atoms with van der Waals surface area (Å²) in [6.07, 6.45) is -4.46. The van der Waals surface area contributed by atoms with Gasteiger partial charge < -0.3 is 29.6 Å². The molecule has 0 aromatic carbocycles. The van der Waals surface area contributed by atoms with Gasteiger partial charge in [0.25, 0.3) is 0 Å². The summed E-state index contributed by atoms with van der Waals surface area (Å²) in [4.78, 5) is 10.3. The van der Waals surface area contributed by atoms with Gasteiger partial charge in [0.15, 0.2) is 6.29 Å². The van der Waals surface area contributed by atoms with E-state index >= 15 is 0 Å². The zero-order chi connectivity index (χ0) is 11.1. The normalized spacial score (nSPS) is 19.8. The fourth-order valence-electron chi connectivity index (χ4n) is 1.09. The standard InChI is InChI=1S/C8H16O6/c1-13-6(4-10)7(12)8(14-2)5(11)3-9/h3,5-8,10-12H,4H2,1-2H3/t5-,6-,7-,8-/m1/s1. The third-order valence-corrected chi connectivity index (χ3v) is 1.95. The van der Waals surface area contributed by atoms with Gasteiger partial charge in [0.05, 0.1) is 6.61 Å². The predicted molar refractivity (Wildman–Crippen MR) is 46.8 cm³/mol. The zero-order valence-electron chi connectivity index (χ0n) is 8.16. The lowest BCUT2D eigenvalue weighted by atomic mass is 10.0. The van der Waals surface area contributed by atoms with Crippen LogP contribution in [-0.4, -0.2) is 66.8 Å². The van der Waals surface area contributed by atoms with E-state index in [9.17, 15) is 9.90 Å². The van der Waals surface area contributed by atoms with Crippen LogP contribution in [0.5, 0.6) is 0 Å². The van der Waals surface area contributed by atoms with Crippen LogP contribution in [0.25, 0.3) is 0 Å². The summed E-state index contributed by atoms with van der Waals surface area (Å²) < 4.78 is 9.46. The van der Waals surface area contributed by atoms with Crippen molar-refractivity contribution >= 4 is 6.29 Å². The predicted octanol–water partition coefficient (Wildman–Crippen LogP) is -2.07. The maximum absolute atomic E-state index is 10.3. The van der Waals surface area contributed by atoms with E-state index in [1.807, 2.05) is 0 Å². The highest BCUT2D eigenvalue weighted by atomic mass is 16.5. The molecule has 0 fully saturated rings. The second-order valence-electron chi connectivity index (χ2n) is 2.77. The molecule has 0 saturated heterocycles. The molecule has 0 unspecified atom stereocenters. The van der Waals surface area contributed by atoms with Gasteiger partial charge in [-0.3, -0.25) is 0 Å². The largest absolute Gasteiger partial charge is 0.394 e. The first-order valence-electron chi connectivity index (χ1n) is 4.10. The van der Waals surface area contributed by atoms with Crippen molar-refractivity contribution in [2.75, 3.05) is 20.8 Å². The highest BCUT2D eigenvalue weighted by molar-refractivity contribution is 5.56. The van der Waals surface area contributed by atoms with E-state index in [0.717, 1.165) is 0 Å². The Hall–Kier alpha value is -0.530. The zero-order valence-corrected chi connectivity index (χ0v) is 8.16. The Balaban J connectivity index is 4.42. The monoisotopic (exact) mass is 208 g/mol. The molecule has 6 nitrogen and oxygen atoms in total. The maximum Gasteiger partial charge on any atom is 0.151 e. The Morgan fingerprint density at radius 1 is 1.29 bits per heavy atom. The summed E-state index contributed by atoms with van der Waals surface area (Å²) in [7, 11) is 2.54. The number of rotatable bonds is 7. The van der Waals surface area contributed by atoms with E-state index in [-0.39, 0.29) is 6.29 Å². The van der Waals surface area contributed by atoms with Gasteiger partial charge in [-0.15, -0.1) is 0 Å². The van der Waals surface area contributed by atoms with Crippen molar-refractivity contribution in [3.8, 4) is 0 Å². The molecule has 0 spiro atoms. The van der Waals surface area contributed by atoms with Gasteiger partial charge in [0.1, 0.15) is 24.4 Å². The first-order valence-corrected chi connectivity index (χ1v) is 4.10. The first kappa shape index (κ1) is 13.5. The molecule has 14 heavy (non-hydrogen) atoms. The number of carbonyl (C=O) groups excluding carboxylic acids is 1. The second-order valence-corrected chi connectivity index (χ2v) is 2.77. The van der Waals surface area contributed by atoms with Crippen molar-refractivity contribution in [1.29, 1.82) is 0 Å². The molecule has 4 atom stereocenters. The van der Waals surface area contributed by atoms with Crippen LogP contribution in [0.15, 0.2) is 0 Å². The number of ether oxygens (including phenoxy) is 2. The van der Waals surface area contributed by atoms with Gasteiger partial charge in [-0.2, -0.15) is 0 Å². The maximum atomic E-state index is 10.3. The quantitative estimate of drug-likeness (QED) is 0.416. The van der Waals surface area contributed by atoms with Gasteiger partial charge >= 0.3 is 0 Å². The number of methoxy groups -OCH3 is 2. The van der Waals surface area contributed by atoms with Crippen molar-refractivity contribution in [2.45, 2.75) is 24.4 Å². The molecule has 0 bridgehead atoms. The van der Waals surface area contributed by atoms with Crippen molar-refractivity contribution in [3.05, 3.63) is 0 Å². The number of aliphatic hydroxyl groups excluding tert-OH is 3. The Kier molecular flexibility index (Phi) is 6.60. The third-order valence-electron chi connectivity index (χ3n) is 1.95. The van der Waals surface area contributed by atoms with Crippen LogP contribution in [-0.2, 0) is 14.3 Å². The summed E-state index contributed by atoms with van der Waals surface area (Å²) in [5, 5.41) is 27.5. The summed E-state index contributed by atoms with van der Waals surface area (Å²) >= 11 is 0. The van der Waals surface area contributed by atoms with Crippen LogP contribution in [0.1, 0.15) is 0 Å². The van der Waals surface area contributed by atoms with E-state index < -0.39 is 31.0 Å². The fourth-order valence-corrected chi connectivity index (χ4v) is 1.09. The molecule has 84 valence electrons.